The first-order chi connectivity index (χ1) is 10.8. The summed E-state index contributed by atoms with van der Waals surface area (Å²) in [7, 11) is 0. The molecular formula is C15H13Cl2N3O3. The molecular weight excluding hydrogens is 341 g/mol. The van der Waals surface area contributed by atoms with E-state index in [0.29, 0.717) is 27.1 Å². The fourth-order valence-electron chi connectivity index (χ4n) is 2.50. The van der Waals surface area contributed by atoms with E-state index < -0.39 is 11.6 Å². The van der Waals surface area contributed by atoms with Crippen LogP contribution in [0.5, 0.6) is 0 Å². The van der Waals surface area contributed by atoms with Crippen LogP contribution in [0.1, 0.15) is 23.9 Å². The van der Waals surface area contributed by atoms with E-state index in [2.05, 4.69) is 10.5 Å². The molecule has 2 aromatic rings. The van der Waals surface area contributed by atoms with Gasteiger partial charge in [0.2, 0.25) is 0 Å². The molecule has 1 atom stereocenters. The number of benzene rings is 1. The van der Waals surface area contributed by atoms with Crippen molar-refractivity contribution in [1.82, 2.24) is 15.4 Å². The molecule has 0 spiro atoms. The summed E-state index contributed by atoms with van der Waals surface area (Å²) in [6.07, 6.45) is 0. The molecule has 1 saturated heterocycles. The van der Waals surface area contributed by atoms with Crippen molar-refractivity contribution in [2.75, 3.05) is 0 Å². The highest BCUT2D eigenvalue weighted by Gasteiger charge is 2.49. The number of nitrogens with one attached hydrogen (secondary N) is 1. The second-order valence-corrected chi connectivity index (χ2v) is 6.32. The van der Waals surface area contributed by atoms with Crippen LogP contribution in [0.4, 0.5) is 4.79 Å². The molecule has 1 N–H and O–H groups in total. The van der Waals surface area contributed by atoms with Crippen molar-refractivity contribution in [3.63, 3.8) is 0 Å². The maximum Gasteiger partial charge on any atom is 0.325 e. The first kappa shape index (κ1) is 15.8. The fourth-order valence-corrected chi connectivity index (χ4v) is 2.80. The van der Waals surface area contributed by atoms with Gasteiger partial charge in [-0.3, -0.25) is 9.69 Å². The zero-order valence-corrected chi connectivity index (χ0v) is 13.9. The second kappa shape index (κ2) is 5.54. The molecule has 1 unspecified atom stereocenters. The van der Waals surface area contributed by atoms with Crippen molar-refractivity contribution < 1.29 is 14.1 Å². The Morgan fingerprint density at radius 3 is 2.61 bits per heavy atom. The van der Waals surface area contributed by atoms with Gasteiger partial charge in [-0.25, -0.2) is 4.79 Å². The zero-order chi connectivity index (χ0) is 16.8. The molecule has 2 heterocycles. The van der Waals surface area contributed by atoms with E-state index in [-0.39, 0.29) is 12.5 Å². The standard InChI is InChI=1S/C15H13Cl2N3O3/c1-8-5-10(19-23-8)7-20-13(21)15(2,18-14(20)22)9-3-4-11(16)12(17)6-9/h3-6H,7H2,1-2H3,(H,18,22). The minimum Gasteiger partial charge on any atom is -0.361 e. The van der Waals surface area contributed by atoms with Crippen molar-refractivity contribution in [2.24, 2.45) is 0 Å². The van der Waals surface area contributed by atoms with Gasteiger partial charge in [0.25, 0.3) is 5.91 Å². The average Bonchev–Trinajstić information content (AvgIpc) is 3.00. The molecule has 6 nitrogen and oxygen atoms in total. The number of nitrogens with zero attached hydrogens (tertiary/aromatic N) is 2. The van der Waals surface area contributed by atoms with Gasteiger partial charge in [-0.15, -0.1) is 0 Å². The third-order valence-corrected chi connectivity index (χ3v) is 4.51. The lowest BCUT2D eigenvalue weighted by Gasteiger charge is -2.22. The number of carbonyl (C=O) groups excluding carboxylic acids is 2. The van der Waals surface area contributed by atoms with Gasteiger partial charge in [0.15, 0.2) is 0 Å². The Morgan fingerprint density at radius 1 is 1.26 bits per heavy atom. The molecule has 23 heavy (non-hydrogen) atoms. The van der Waals surface area contributed by atoms with E-state index >= 15 is 0 Å². The van der Waals surface area contributed by atoms with Crippen LogP contribution in [-0.2, 0) is 16.9 Å². The van der Waals surface area contributed by atoms with Crippen LogP contribution < -0.4 is 5.32 Å². The lowest BCUT2D eigenvalue weighted by atomic mass is 9.92. The topological polar surface area (TPSA) is 75.4 Å². The van der Waals surface area contributed by atoms with Crippen LogP contribution in [0.3, 0.4) is 0 Å². The van der Waals surface area contributed by atoms with Crippen molar-refractivity contribution in [1.29, 1.82) is 0 Å². The highest BCUT2D eigenvalue weighted by atomic mass is 35.5. The molecule has 1 aliphatic heterocycles. The Balaban J connectivity index is 1.91. The SMILES string of the molecule is Cc1cc(CN2C(=O)NC(C)(c3ccc(Cl)c(Cl)c3)C2=O)no1. The zero-order valence-electron chi connectivity index (χ0n) is 12.4. The summed E-state index contributed by atoms with van der Waals surface area (Å²) in [5, 5.41) is 7.20. The highest BCUT2D eigenvalue weighted by molar-refractivity contribution is 6.42. The first-order valence-electron chi connectivity index (χ1n) is 6.83. The molecule has 0 saturated carbocycles. The molecule has 0 radical (unpaired) electrons. The molecule has 1 aromatic heterocycles. The first-order valence-corrected chi connectivity index (χ1v) is 7.58. The predicted octanol–water partition coefficient (Wildman–Crippen LogP) is 3.26. The molecule has 3 rings (SSSR count). The average molecular weight is 354 g/mol. The van der Waals surface area contributed by atoms with Gasteiger partial charge in [0.05, 0.1) is 16.6 Å². The summed E-state index contributed by atoms with van der Waals surface area (Å²) in [6, 6.07) is 6.01. The van der Waals surface area contributed by atoms with Crippen LogP contribution in [0.2, 0.25) is 10.0 Å². The Labute approximate surface area is 142 Å². The van der Waals surface area contributed by atoms with E-state index in [1.807, 2.05) is 0 Å². The van der Waals surface area contributed by atoms with Gasteiger partial charge in [-0.1, -0.05) is 34.4 Å². The number of halogens is 2. The van der Waals surface area contributed by atoms with Crippen LogP contribution in [0.25, 0.3) is 0 Å². The van der Waals surface area contributed by atoms with Gasteiger partial charge in [0.1, 0.15) is 17.0 Å². The van der Waals surface area contributed by atoms with Gasteiger partial charge in [0, 0.05) is 6.07 Å². The lowest BCUT2D eigenvalue weighted by molar-refractivity contribution is -0.131. The van der Waals surface area contributed by atoms with E-state index in [1.165, 1.54) is 0 Å². The third-order valence-electron chi connectivity index (χ3n) is 3.77. The monoisotopic (exact) mass is 353 g/mol. The molecule has 1 fully saturated rings. The second-order valence-electron chi connectivity index (χ2n) is 5.50. The number of aryl methyl sites for hydroxylation is 1. The van der Waals surface area contributed by atoms with Crippen molar-refractivity contribution in [3.05, 3.63) is 51.3 Å². The smallest absolute Gasteiger partial charge is 0.325 e. The number of carbonyl (C=O) groups is 2. The van der Waals surface area contributed by atoms with Crippen LogP contribution in [0, 0.1) is 6.92 Å². The Hall–Kier alpha value is -2.05. The largest absolute Gasteiger partial charge is 0.361 e. The highest BCUT2D eigenvalue weighted by Crippen LogP contribution is 2.33. The third kappa shape index (κ3) is 2.68. The van der Waals surface area contributed by atoms with Gasteiger partial charge < -0.3 is 9.84 Å². The number of urea groups is 1. The number of amides is 3. The summed E-state index contributed by atoms with van der Waals surface area (Å²) >= 11 is 11.9. The maximum absolute atomic E-state index is 12.8. The Kier molecular flexibility index (Phi) is 3.82. The summed E-state index contributed by atoms with van der Waals surface area (Å²) in [4.78, 5) is 26.1. The molecule has 120 valence electrons. The molecule has 3 amide bonds. The number of hydrogen-bond acceptors (Lipinski definition) is 4. The molecule has 8 heteroatoms. The molecule has 0 aliphatic carbocycles. The van der Waals surface area contributed by atoms with Crippen LogP contribution in [-0.4, -0.2) is 22.0 Å². The minimum atomic E-state index is -1.20. The summed E-state index contributed by atoms with van der Waals surface area (Å²) in [5.41, 5.74) is -0.141. The fraction of sp³-hybridized carbons (Fsp3) is 0.267. The van der Waals surface area contributed by atoms with E-state index in [1.54, 1.807) is 38.1 Å². The number of rotatable bonds is 3. The van der Waals surface area contributed by atoms with Gasteiger partial charge in [-0.2, -0.15) is 0 Å². The summed E-state index contributed by atoms with van der Waals surface area (Å²) < 4.78 is 4.96. The molecule has 0 bridgehead atoms. The number of hydrogen-bond donors (Lipinski definition) is 1. The Bertz CT molecular complexity index is 805. The van der Waals surface area contributed by atoms with Crippen LogP contribution in [0.15, 0.2) is 28.8 Å². The molecule has 1 aromatic carbocycles. The quantitative estimate of drug-likeness (QED) is 0.859. The van der Waals surface area contributed by atoms with E-state index in [0.717, 1.165) is 4.90 Å². The minimum absolute atomic E-state index is 0.0406. The number of imide groups is 1. The normalized spacial score (nSPS) is 21.0. The maximum atomic E-state index is 12.8. The van der Waals surface area contributed by atoms with Gasteiger partial charge >= 0.3 is 6.03 Å². The molecule has 1 aliphatic rings. The lowest BCUT2D eigenvalue weighted by Crippen LogP contribution is -2.40. The van der Waals surface area contributed by atoms with E-state index in [9.17, 15) is 9.59 Å². The number of aromatic nitrogens is 1. The van der Waals surface area contributed by atoms with Crippen LogP contribution >= 0.6 is 23.2 Å². The van der Waals surface area contributed by atoms with E-state index in [4.69, 9.17) is 27.7 Å². The van der Waals surface area contributed by atoms with Crippen molar-refractivity contribution in [3.8, 4) is 0 Å². The van der Waals surface area contributed by atoms with Gasteiger partial charge in [-0.05, 0) is 31.5 Å². The summed E-state index contributed by atoms with van der Waals surface area (Å²) in [6.45, 7) is 3.40. The summed E-state index contributed by atoms with van der Waals surface area (Å²) in [5.74, 6) is 0.223. The Morgan fingerprint density at radius 2 is 2.00 bits per heavy atom. The predicted molar refractivity (Wildman–Crippen MR) is 84.1 cm³/mol. The van der Waals surface area contributed by atoms with Crippen molar-refractivity contribution in [2.45, 2.75) is 25.9 Å². The van der Waals surface area contributed by atoms with Crippen molar-refractivity contribution >= 4 is 35.1 Å².